The molecule has 1 atom stereocenters. The van der Waals surface area contributed by atoms with Crippen LogP contribution in [0.3, 0.4) is 0 Å². The molecule has 25 heavy (non-hydrogen) atoms. The van der Waals surface area contributed by atoms with Gasteiger partial charge in [0.15, 0.2) is 11.5 Å². The third-order valence-corrected chi connectivity index (χ3v) is 4.69. The minimum Gasteiger partial charge on any atom is -0.486 e. The number of para-hydroxylation sites is 1. The highest BCUT2D eigenvalue weighted by Gasteiger charge is 2.31. The van der Waals surface area contributed by atoms with Crippen molar-refractivity contribution in [3.63, 3.8) is 0 Å². The van der Waals surface area contributed by atoms with Crippen LogP contribution in [0.4, 0.5) is 0 Å². The standard InChI is InChI=1S/C19H26N2O4/c1-2-6-17(22)21-10-4-3-8-15(21)19(23)20-13-14-7-5-9-16-18(14)25-12-11-24-16/h5,7,9,15H,2-4,6,8,10-13H2,1H3,(H,20,23). The number of carbonyl (C=O) groups is 2. The van der Waals surface area contributed by atoms with E-state index in [1.807, 2.05) is 25.1 Å². The van der Waals surface area contributed by atoms with Crippen LogP contribution in [0.25, 0.3) is 0 Å². The zero-order valence-corrected chi connectivity index (χ0v) is 14.8. The van der Waals surface area contributed by atoms with Gasteiger partial charge in [-0.05, 0) is 31.7 Å². The Kier molecular flexibility index (Phi) is 5.79. The van der Waals surface area contributed by atoms with Crippen molar-refractivity contribution in [2.75, 3.05) is 19.8 Å². The Morgan fingerprint density at radius 3 is 2.92 bits per heavy atom. The number of piperidine rings is 1. The fraction of sp³-hybridized carbons (Fsp3) is 0.579. The molecule has 2 heterocycles. The molecule has 1 unspecified atom stereocenters. The minimum atomic E-state index is -0.357. The van der Waals surface area contributed by atoms with E-state index in [4.69, 9.17) is 9.47 Å². The molecule has 0 aromatic heterocycles. The molecule has 1 aromatic rings. The molecular weight excluding hydrogens is 320 g/mol. The van der Waals surface area contributed by atoms with Crippen LogP contribution >= 0.6 is 0 Å². The third kappa shape index (κ3) is 4.06. The SMILES string of the molecule is CCCC(=O)N1CCCCC1C(=O)NCc1cccc2c1OCCO2. The summed E-state index contributed by atoms with van der Waals surface area (Å²) in [5.74, 6) is 1.42. The highest BCUT2D eigenvalue weighted by Crippen LogP contribution is 2.33. The molecule has 1 fully saturated rings. The predicted molar refractivity (Wildman–Crippen MR) is 93.5 cm³/mol. The number of hydrogen-bond donors (Lipinski definition) is 1. The lowest BCUT2D eigenvalue weighted by molar-refractivity contribution is -0.142. The molecule has 1 aromatic carbocycles. The Labute approximate surface area is 148 Å². The molecule has 1 N–H and O–H groups in total. The number of carbonyl (C=O) groups excluding carboxylic acids is 2. The van der Waals surface area contributed by atoms with Gasteiger partial charge in [0.2, 0.25) is 11.8 Å². The van der Waals surface area contributed by atoms with Crippen molar-refractivity contribution in [2.24, 2.45) is 0 Å². The van der Waals surface area contributed by atoms with E-state index in [9.17, 15) is 9.59 Å². The number of amides is 2. The summed E-state index contributed by atoms with van der Waals surface area (Å²) < 4.78 is 11.3. The van der Waals surface area contributed by atoms with Gasteiger partial charge >= 0.3 is 0 Å². The molecule has 1 saturated heterocycles. The average Bonchev–Trinajstić information content (AvgIpc) is 2.66. The maximum Gasteiger partial charge on any atom is 0.243 e. The number of ether oxygens (including phenoxy) is 2. The van der Waals surface area contributed by atoms with Crippen LogP contribution in [0.2, 0.25) is 0 Å². The maximum absolute atomic E-state index is 12.7. The van der Waals surface area contributed by atoms with Gasteiger partial charge < -0.3 is 19.7 Å². The summed E-state index contributed by atoms with van der Waals surface area (Å²) >= 11 is 0. The van der Waals surface area contributed by atoms with Crippen LogP contribution in [-0.2, 0) is 16.1 Å². The Morgan fingerprint density at radius 1 is 1.24 bits per heavy atom. The van der Waals surface area contributed by atoms with Crippen molar-refractivity contribution in [1.29, 1.82) is 0 Å². The number of nitrogens with zero attached hydrogens (tertiary/aromatic N) is 1. The fourth-order valence-corrected chi connectivity index (χ4v) is 3.43. The first-order chi connectivity index (χ1) is 12.2. The summed E-state index contributed by atoms with van der Waals surface area (Å²) in [6.07, 6.45) is 3.98. The topological polar surface area (TPSA) is 67.9 Å². The first-order valence-corrected chi connectivity index (χ1v) is 9.15. The molecule has 2 aliphatic heterocycles. The lowest BCUT2D eigenvalue weighted by atomic mass is 10.0. The quantitative estimate of drug-likeness (QED) is 0.888. The second-order valence-electron chi connectivity index (χ2n) is 6.51. The van der Waals surface area contributed by atoms with Crippen LogP contribution < -0.4 is 14.8 Å². The van der Waals surface area contributed by atoms with Gasteiger partial charge in [0.25, 0.3) is 0 Å². The summed E-state index contributed by atoms with van der Waals surface area (Å²) in [7, 11) is 0. The van der Waals surface area contributed by atoms with Crippen molar-refractivity contribution in [3.05, 3.63) is 23.8 Å². The van der Waals surface area contributed by atoms with Crippen molar-refractivity contribution in [2.45, 2.75) is 51.6 Å². The molecule has 0 bridgehead atoms. The van der Waals surface area contributed by atoms with Crippen molar-refractivity contribution in [3.8, 4) is 11.5 Å². The number of fused-ring (bicyclic) bond motifs is 1. The second-order valence-corrected chi connectivity index (χ2v) is 6.51. The number of benzene rings is 1. The van der Waals surface area contributed by atoms with E-state index >= 15 is 0 Å². The van der Waals surface area contributed by atoms with Gasteiger partial charge in [-0.25, -0.2) is 0 Å². The summed E-state index contributed by atoms with van der Waals surface area (Å²) in [6.45, 7) is 4.09. The van der Waals surface area contributed by atoms with Gasteiger partial charge in [-0.15, -0.1) is 0 Å². The molecule has 2 aliphatic rings. The number of likely N-dealkylation sites (tertiary alicyclic amines) is 1. The molecule has 0 aliphatic carbocycles. The first-order valence-electron chi connectivity index (χ1n) is 9.15. The smallest absolute Gasteiger partial charge is 0.243 e. The molecule has 6 heteroatoms. The Balaban J connectivity index is 1.64. The van der Waals surface area contributed by atoms with Crippen LogP contribution in [-0.4, -0.2) is 42.5 Å². The van der Waals surface area contributed by atoms with Gasteiger partial charge in [0, 0.05) is 25.1 Å². The van der Waals surface area contributed by atoms with Gasteiger partial charge in [-0.2, -0.15) is 0 Å². The Morgan fingerprint density at radius 2 is 2.08 bits per heavy atom. The van der Waals surface area contributed by atoms with Crippen LogP contribution in [0.15, 0.2) is 18.2 Å². The molecule has 6 nitrogen and oxygen atoms in total. The first kappa shape index (κ1) is 17.6. The lowest BCUT2D eigenvalue weighted by Crippen LogP contribution is -2.51. The number of hydrogen-bond acceptors (Lipinski definition) is 4. The lowest BCUT2D eigenvalue weighted by Gasteiger charge is -2.35. The monoisotopic (exact) mass is 346 g/mol. The zero-order valence-electron chi connectivity index (χ0n) is 14.8. The van der Waals surface area contributed by atoms with Crippen molar-refractivity contribution >= 4 is 11.8 Å². The minimum absolute atomic E-state index is 0.0798. The summed E-state index contributed by atoms with van der Waals surface area (Å²) in [5, 5.41) is 2.98. The van der Waals surface area contributed by atoms with E-state index in [1.165, 1.54) is 0 Å². The Bertz CT molecular complexity index is 632. The molecular formula is C19H26N2O4. The third-order valence-electron chi connectivity index (χ3n) is 4.69. The predicted octanol–water partition coefficient (Wildman–Crippen LogP) is 2.26. The second kappa shape index (κ2) is 8.23. The van der Waals surface area contributed by atoms with Crippen molar-refractivity contribution < 1.29 is 19.1 Å². The van der Waals surface area contributed by atoms with Gasteiger partial charge in [-0.1, -0.05) is 19.1 Å². The highest BCUT2D eigenvalue weighted by molar-refractivity contribution is 5.87. The number of rotatable bonds is 5. The maximum atomic E-state index is 12.7. The van der Waals surface area contributed by atoms with Crippen LogP contribution in [0, 0.1) is 0 Å². The number of nitrogens with one attached hydrogen (secondary N) is 1. The summed E-state index contributed by atoms with van der Waals surface area (Å²) in [4.78, 5) is 26.7. The van der Waals surface area contributed by atoms with Crippen LogP contribution in [0.1, 0.15) is 44.6 Å². The zero-order chi connectivity index (χ0) is 17.6. The highest BCUT2D eigenvalue weighted by atomic mass is 16.6. The molecule has 2 amide bonds. The van der Waals surface area contributed by atoms with Crippen molar-refractivity contribution in [1.82, 2.24) is 10.2 Å². The normalized spacial score (nSPS) is 19.4. The Hall–Kier alpha value is -2.24. The van der Waals surface area contributed by atoms with Gasteiger partial charge in [0.1, 0.15) is 19.3 Å². The molecule has 0 saturated carbocycles. The van der Waals surface area contributed by atoms with E-state index in [2.05, 4.69) is 5.32 Å². The fourth-order valence-electron chi connectivity index (χ4n) is 3.43. The van der Waals surface area contributed by atoms with E-state index in [-0.39, 0.29) is 17.9 Å². The van der Waals surface area contributed by atoms with E-state index in [0.717, 1.165) is 37.0 Å². The van der Waals surface area contributed by atoms with Gasteiger partial charge in [-0.3, -0.25) is 9.59 Å². The summed E-state index contributed by atoms with van der Waals surface area (Å²) in [6, 6.07) is 5.33. The molecule has 3 rings (SSSR count). The van der Waals surface area contributed by atoms with Crippen LogP contribution in [0.5, 0.6) is 11.5 Å². The van der Waals surface area contributed by atoms with E-state index in [1.54, 1.807) is 4.90 Å². The average molecular weight is 346 g/mol. The van der Waals surface area contributed by atoms with Gasteiger partial charge in [0.05, 0.1) is 0 Å². The largest absolute Gasteiger partial charge is 0.486 e. The van der Waals surface area contributed by atoms with E-state index < -0.39 is 0 Å². The molecule has 0 spiro atoms. The van der Waals surface area contributed by atoms with E-state index in [0.29, 0.717) is 38.5 Å². The summed E-state index contributed by atoms with van der Waals surface area (Å²) in [5.41, 5.74) is 0.896. The molecule has 136 valence electrons. The molecule has 0 radical (unpaired) electrons.